The lowest BCUT2D eigenvalue weighted by molar-refractivity contribution is -0.115. The number of nitrogens with zero attached hydrogens (tertiary/aromatic N) is 1. The first-order chi connectivity index (χ1) is 11.5. The third-order valence-electron chi connectivity index (χ3n) is 3.69. The maximum Gasteiger partial charge on any atom is 0.307 e. The number of carbonyl (C=O) groups excluding carboxylic acids is 1. The quantitative estimate of drug-likeness (QED) is 0.701. The van der Waals surface area contributed by atoms with E-state index in [1.54, 1.807) is 23.4 Å². The number of rotatable bonds is 5. The molecule has 0 aliphatic rings. The summed E-state index contributed by atoms with van der Waals surface area (Å²) >= 11 is 2.86. The second kappa shape index (κ2) is 7.23. The highest BCUT2D eigenvalue weighted by atomic mass is 32.2. The molecule has 0 aliphatic carbocycles. The molecule has 0 fully saturated rings. The van der Waals surface area contributed by atoms with Crippen molar-refractivity contribution in [2.75, 3.05) is 11.1 Å². The van der Waals surface area contributed by atoms with E-state index in [1.807, 2.05) is 18.2 Å². The first-order valence-electron chi connectivity index (χ1n) is 7.62. The first-order valence-corrected chi connectivity index (χ1v) is 9.42. The van der Waals surface area contributed by atoms with Gasteiger partial charge in [-0.1, -0.05) is 29.0 Å². The SMILES string of the molecule is Cc1ccc(SCCC(=O)Nc2ccc3c(c2)sc(=O)n3C)cc1. The lowest BCUT2D eigenvalue weighted by Gasteiger charge is -2.06. The largest absolute Gasteiger partial charge is 0.326 e. The fourth-order valence-corrected chi connectivity index (χ4v) is 4.10. The molecule has 0 unspecified atom stereocenters. The molecule has 2 aromatic carbocycles. The minimum absolute atomic E-state index is 0.00275. The van der Waals surface area contributed by atoms with Gasteiger partial charge in [-0.3, -0.25) is 9.59 Å². The molecule has 24 heavy (non-hydrogen) atoms. The summed E-state index contributed by atoms with van der Waals surface area (Å²) < 4.78 is 2.50. The Bertz CT molecular complexity index is 926. The minimum atomic E-state index is -0.0164. The van der Waals surface area contributed by atoms with Crippen molar-refractivity contribution in [3.8, 4) is 0 Å². The van der Waals surface area contributed by atoms with Crippen molar-refractivity contribution in [1.82, 2.24) is 4.57 Å². The van der Waals surface area contributed by atoms with Crippen LogP contribution >= 0.6 is 23.1 Å². The molecule has 1 amide bonds. The number of hydrogen-bond acceptors (Lipinski definition) is 4. The predicted octanol–water partition coefficient (Wildman–Crippen LogP) is 4.03. The van der Waals surface area contributed by atoms with Gasteiger partial charge in [0.1, 0.15) is 0 Å². The van der Waals surface area contributed by atoms with E-state index >= 15 is 0 Å². The molecule has 1 aromatic heterocycles. The number of amides is 1. The fourth-order valence-electron chi connectivity index (χ4n) is 2.33. The molecule has 0 saturated carbocycles. The third kappa shape index (κ3) is 3.88. The summed E-state index contributed by atoms with van der Waals surface area (Å²) in [5, 5.41) is 2.90. The molecule has 0 atom stereocenters. The van der Waals surface area contributed by atoms with E-state index in [0.29, 0.717) is 6.42 Å². The van der Waals surface area contributed by atoms with Crippen LogP contribution in [0.3, 0.4) is 0 Å². The second-order valence-corrected chi connectivity index (χ2v) is 7.73. The Balaban J connectivity index is 1.56. The maximum atomic E-state index is 12.1. The Hall–Kier alpha value is -2.05. The van der Waals surface area contributed by atoms with Gasteiger partial charge in [-0.15, -0.1) is 11.8 Å². The Labute approximate surface area is 148 Å². The van der Waals surface area contributed by atoms with Gasteiger partial charge in [0.25, 0.3) is 0 Å². The summed E-state index contributed by atoms with van der Waals surface area (Å²) in [5.41, 5.74) is 2.85. The van der Waals surface area contributed by atoms with Gasteiger partial charge < -0.3 is 9.88 Å². The predicted molar refractivity (Wildman–Crippen MR) is 102 cm³/mol. The first kappa shape index (κ1) is 16.8. The molecule has 0 saturated heterocycles. The maximum absolute atomic E-state index is 12.1. The second-order valence-electron chi connectivity index (χ2n) is 5.57. The molecule has 3 aromatic rings. The third-order valence-corrected chi connectivity index (χ3v) is 5.70. The number of hydrogen-bond donors (Lipinski definition) is 1. The highest BCUT2D eigenvalue weighted by Gasteiger charge is 2.07. The van der Waals surface area contributed by atoms with Crippen LogP contribution in [-0.2, 0) is 11.8 Å². The molecular formula is C18H18N2O2S2. The zero-order valence-electron chi connectivity index (χ0n) is 13.5. The van der Waals surface area contributed by atoms with Crippen molar-refractivity contribution in [3.05, 3.63) is 57.7 Å². The van der Waals surface area contributed by atoms with E-state index in [0.717, 1.165) is 21.7 Å². The monoisotopic (exact) mass is 358 g/mol. The molecule has 124 valence electrons. The van der Waals surface area contributed by atoms with E-state index in [4.69, 9.17) is 0 Å². The summed E-state index contributed by atoms with van der Waals surface area (Å²) in [6, 6.07) is 13.8. The van der Waals surface area contributed by atoms with Crippen LogP contribution in [0.2, 0.25) is 0 Å². The van der Waals surface area contributed by atoms with Crippen molar-refractivity contribution < 1.29 is 4.79 Å². The Morgan fingerprint density at radius 3 is 2.71 bits per heavy atom. The number of nitrogens with one attached hydrogen (secondary N) is 1. The van der Waals surface area contributed by atoms with Crippen LogP contribution in [0.15, 0.2) is 52.2 Å². The molecule has 6 heteroatoms. The Morgan fingerprint density at radius 1 is 1.21 bits per heavy atom. The van der Waals surface area contributed by atoms with Gasteiger partial charge in [0.2, 0.25) is 5.91 Å². The lowest BCUT2D eigenvalue weighted by atomic mass is 10.2. The normalized spacial score (nSPS) is 10.9. The highest BCUT2D eigenvalue weighted by Crippen LogP contribution is 2.22. The van der Waals surface area contributed by atoms with Crippen LogP contribution in [0.1, 0.15) is 12.0 Å². The number of anilines is 1. The number of benzene rings is 2. The van der Waals surface area contributed by atoms with Crippen LogP contribution in [0.4, 0.5) is 5.69 Å². The van der Waals surface area contributed by atoms with Crippen LogP contribution in [0.5, 0.6) is 0 Å². The van der Waals surface area contributed by atoms with Gasteiger partial charge in [-0.05, 0) is 37.3 Å². The molecule has 0 radical (unpaired) electrons. The lowest BCUT2D eigenvalue weighted by Crippen LogP contribution is -2.12. The van der Waals surface area contributed by atoms with Crippen LogP contribution in [0, 0.1) is 6.92 Å². The summed E-state index contributed by atoms with van der Waals surface area (Å²) in [6.07, 6.45) is 0.446. The molecule has 0 aliphatic heterocycles. The van der Waals surface area contributed by atoms with Crippen molar-refractivity contribution >= 4 is 44.9 Å². The molecule has 4 nitrogen and oxygen atoms in total. The van der Waals surface area contributed by atoms with Gasteiger partial charge in [0.05, 0.1) is 10.2 Å². The topological polar surface area (TPSA) is 51.1 Å². The van der Waals surface area contributed by atoms with Gasteiger partial charge in [-0.25, -0.2) is 0 Å². The number of carbonyl (C=O) groups is 1. The van der Waals surface area contributed by atoms with Crippen LogP contribution in [-0.4, -0.2) is 16.2 Å². The molecule has 0 bridgehead atoms. The molecule has 1 N–H and O–H groups in total. The number of aromatic nitrogens is 1. The molecule has 1 heterocycles. The van der Waals surface area contributed by atoms with Gasteiger partial charge in [0, 0.05) is 29.8 Å². The number of aryl methyl sites for hydroxylation is 2. The van der Waals surface area contributed by atoms with E-state index in [2.05, 4.69) is 36.5 Å². The fraction of sp³-hybridized carbons (Fsp3) is 0.222. The summed E-state index contributed by atoms with van der Waals surface area (Å²) in [6.45, 7) is 2.06. The Morgan fingerprint density at radius 2 is 1.96 bits per heavy atom. The van der Waals surface area contributed by atoms with E-state index in [9.17, 15) is 9.59 Å². The molecule has 3 rings (SSSR count). The smallest absolute Gasteiger partial charge is 0.307 e. The van der Waals surface area contributed by atoms with Gasteiger partial charge >= 0.3 is 4.87 Å². The molecular weight excluding hydrogens is 340 g/mol. The average molecular weight is 358 g/mol. The van der Waals surface area contributed by atoms with E-state index in [1.165, 1.54) is 21.8 Å². The van der Waals surface area contributed by atoms with E-state index < -0.39 is 0 Å². The summed E-state index contributed by atoms with van der Waals surface area (Å²) in [7, 11) is 1.75. The van der Waals surface area contributed by atoms with Crippen LogP contribution in [0.25, 0.3) is 10.2 Å². The zero-order chi connectivity index (χ0) is 17.1. The van der Waals surface area contributed by atoms with Crippen LogP contribution < -0.4 is 10.2 Å². The van der Waals surface area contributed by atoms with Gasteiger partial charge in [0.15, 0.2) is 0 Å². The zero-order valence-corrected chi connectivity index (χ0v) is 15.2. The summed E-state index contributed by atoms with van der Waals surface area (Å²) in [5.74, 6) is 0.716. The standard InChI is InChI=1S/C18H18N2O2S2/c1-12-3-6-14(7-4-12)23-10-9-17(21)19-13-5-8-15-16(11-13)24-18(22)20(15)2/h3-8,11H,9-10H2,1-2H3,(H,19,21). The minimum Gasteiger partial charge on any atom is -0.326 e. The van der Waals surface area contributed by atoms with E-state index in [-0.39, 0.29) is 10.8 Å². The number of thioether (sulfide) groups is 1. The number of fused-ring (bicyclic) bond motifs is 1. The highest BCUT2D eigenvalue weighted by molar-refractivity contribution is 7.99. The Kier molecular flexibility index (Phi) is 5.06. The number of thiazole rings is 1. The van der Waals surface area contributed by atoms with Crippen molar-refractivity contribution in [1.29, 1.82) is 0 Å². The van der Waals surface area contributed by atoms with Crippen molar-refractivity contribution in [2.24, 2.45) is 7.05 Å². The average Bonchev–Trinajstić information content (AvgIpc) is 2.83. The molecule has 0 spiro atoms. The van der Waals surface area contributed by atoms with Crippen molar-refractivity contribution in [3.63, 3.8) is 0 Å². The van der Waals surface area contributed by atoms with Crippen molar-refractivity contribution in [2.45, 2.75) is 18.2 Å². The summed E-state index contributed by atoms with van der Waals surface area (Å²) in [4.78, 5) is 24.9. The van der Waals surface area contributed by atoms with Gasteiger partial charge in [-0.2, -0.15) is 0 Å².